The lowest BCUT2D eigenvalue weighted by atomic mass is 10.2. The summed E-state index contributed by atoms with van der Waals surface area (Å²) in [6.07, 6.45) is 0. The van der Waals surface area contributed by atoms with E-state index in [1.165, 1.54) is 12.1 Å². The largest absolute Gasteiger partial charge is 0.352 e. The van der Waals surface area contributed by atoms with Crippen molar-refractivity contribution < 1.29 is 4.39 Å². The van der Waals surface area contributed by atoms with Crippen LogP contribution in [-0.4, -0.2) is 13.0 Å². The van der Waals surface area contributed by atoms with Gasteiger partial charge in [-0.1, -0.05) is 40.2 Å². The first-order chi connectivity index (χ1) is 10.2. The van der Waals surface area contributed by atoms with Crippen LogP contribution in [0.3, 0.4) is 0 Å². The van der Waals surface area contributed by atoms with Crippen LogP contribution in [0.2, 0.25) is 0 Å². The van der Waals surface area contributed by atoms with E-state index in [4.69, 9.17) is 0 Å². The van der Waals surface area contributed by atoms with Crippen molar-refractivity contribution in [2.75, 3.05) is 7.05 Å². The lowest BCUT2D eigenvalue weighted by Gasteiger charge is -2.12. The van der Waals surface area contributed by atoms with Crippen LogP contribution in [0.25, 0.3) is 0 Å². The average molecular weight is 350 g/mol. The molecule has 0 heterocycles. The normalized spacial score (nSPS) is 11.3. The van der Waals surface area contributed by atoms with Gasteiger partial charge < -0.3 is 10.6 Å². The number of hydrogen-bond donors (Lipinski definition) is 2. The van der Waals surface area contributed by atoms with Crippen molar-refractivity contribution in [3.63, 3.8) is 0 Å². The van der Waals surface area contributed by atoms with Gasteiger partial charge in [0.15, 0.2) is 5.96 Å². The highest BCUT2D eigenvalue weighted by Crippen LogP contribution is 2.10. The molecule has 0 amide bonds. The Hall–Kier alpha value is -1.88. The highest BCUT2D eigenvalue weighted by molar-refractivity contribution is 9.10. The predicted octanol–water partition coefficient (Wildman–Crippen LogP) is 3.45. The average Bonchev–Trinajstić information content (AvgIpc) is 2.49. The molecule has 0 aliphatic rings. The van der Waals surface area contributed by atoms with Gasteiger partial charge in [0.05, 0.1) is 0 Å². The Balaban J connectivity index is 1.85. The summed E-state index contributed by atoms with van der Waals surface area (Å²) in [6.45, 7) is 1.20. The van der Waals surface area contributed by atoms with E-state index in [9.17, 15) is 4.39 Å². The van der Waals surface area contributed by atoms with Gasteiger partial charge in [-0.05, 0) is 35.4 Å². The minimum Gasteiger partial charge on any atom is -0.352 e. The Morgan fingerprint density at radius 1 is 1.05 bits per heavy atom. The first-order valence-electron chi connectivity index (χ1n) is 6.61. The highest BCUT2D eigenvalue weighted by atomic mass is 79.9. The zero-order chi connectivity index (χ0) is 15.1. The Kier molecular flexibility index (Phi) is 5.75. The number of nitrogens with zero attached hydrogens (tertiary/aromatic N) is 1. The maximum atomic E-state index is 13.1. The third-order valence-electron chi connectivity index (χ3n) is 2.95. The van der Waals surface area contributed by atoms with Crippen molar-refractivity contribution in [3.05, 3.63) is 69.9 Å². The fraction of sp³-hybridized carbons (Fsp3) is 0.188. The van der Waals surface area contributed by atoms with E-state index in [2.05, 4.69) is 31.6 Å². The second-order valence-electron chi connectivity index (χ2n) is 4.54. The molecule has 5 heteroatoms. The summed E-state index contributed by atoms with van der Waals surface area (Å²) in [4.78, 5) is 4.15. The number of nitrogens with one attached hydrogen (secondary N) is 2. The topological polar surface area (TPSA) is 36.4 Å². The number of halogens is 2. The lowest BCUT2D eigenvalue weighted by molar-refractivity contribution is 0.624. The van der Waals surface area contributed by atoms with Crippen LogP contribution in [0.5, 0.6) is 0 Å². The molecule has 0 bridgehead atoms. The molecular weight excluding hydrogens is 333 g/mol. The quantitative estimate of drug-likeness (QED) is 0.655. The Morgan fingerprint density at radius 3 is 2.33 bits per heavy atom. The van der Waals surface area contributed by atoms with Crippen LogP contribution in [0.15, 0.2) is 58.0 Å². The summed E-state index contributed by atoms with van der Waals surface area (Å²) in [5, 5.41) is 6.38. The van der Waals surface area contributed by atoms with E-state index < -0.39 is 0 Å². The minimum absolute atomic E-state index is 0.230. The summed E-state index contributed by atoms with van der Waals surface area (Å²) in [5.74, 6) is 0.453. The van der Waals surface area contributed by atoms with E-state index >= 15 is 0 Å². The minimum atomic E-state index is -0.230. The van der Waals surface area contributed by atoms with Crippen LogP contribution >= 0.6 is 15.9 Å². The van der Waals surface area contributed by atoms with Crippen LogP contribution in [0.4, 0.5) is 4.39 Å². The fourth-order valence-electron chi connectivity index (χ4n) is 1.84. The molecule has 0 radical (unpaired) electrons. The van der Waals surface area contributed by atoms with Crippen LogP contribution in [-0.2, 0) is 13.1 Å². The van der Waals surface area contributed by atoms with Gasteiger partial charge in [0.25, 0.3) is 0 Å². The maximum absolute atomic E-state index is 13.1. The monoisotopic (exact) mass is 349 g/mol. The second kappa shape index (κ2) is 7.78. The molecule has 0 aromatic heterocycles. The van der Waals surface area contributed by atoms with Crippen LogP contribution in [0.1, 0.15) is 11.1 Å². The molecule has 0 saturated heterocycles. The summed E-state index contributed by atoms with van der Waals surface area (Å²) >= 11 is 3.41. The molecule has 2 aromatic carbocycles. The van der Waals surface area contributed by atoms with Gasteiger partial charge in [0.1, 0.15) is 5.82 Å². The first kappa shape index (κ1) is 15.5. The summed E-state index contributed by atoms with van der Waals surface area (Å²) < 4.78 is 14.2. The van der Waals surface area contributed by atoms with E-state index in [0.717, 1.165) is 15.6 Å². The summed E-state index contributed by atoms with van der Waals surface area (Å²) in [6, 6.07) is 14.6. The number of rotatable bonds is 4. The molecule has 3 nitrogen and oxygen atoms in total. The number of hydrogen-bond acceptors (Lipinski definition) is 1. The SMILES string of the molecule is CN=C(NCc1ccc(Br)cc1)NCc1cccc(F)c1. The van der Waals surface area contributed by atoms with Crippen molar-refractivity contribution in [3.8, 4) is 0 Å². The second-order valence-corrected chi connectivity index (χ2v) is 5.45. The van der Waals surface area contributed by atoms with Crippen molar-refractivity contribution in [1.29, 1.82) is 0 Å². The first-order valence-corrected chi connectivity index (χ1v) is 7.40. The molecule has 2 aromatic rings. The van der Waals surface area contributed by atoms with Gasteiger partial charge in [0, 0.05) is 24.6 Å². The molecule has 110 valence electrons. The molecule has 0 unspecified atom stereocenters. The molecule has 0 fully saturated rings. The molecule has 2 N–H and O–H groups in total. The molecule has 0 spiro atoms. The number of guanidine groups is 1. The zero-order valence-electron chi connectivity index (χ0n) is 11.7. The van der Waals surface area contributed by atoms with Gasteiger partial charge in [-0.25, -0.2) is 4.39 Å². The predicted molar refractivity (Wildman–Crippen MR) is 87.6 cm³/mol. The van der Waals surface area contributed by atoms with Crippen molar-refractivity contribution in [2.45, 2.75) is 13.1 Å². The molecule has 2 rings (SSSR count). The third kappa shape index (κ3) is 5.19. The lowest BCUT2D eigenvalue weighted by Crippen LogP contribution is -2.36. The van der Waals surface area contributed by atoms with Gasteiger partial charge in [-0.15, -0.1) is 0 Å². The number of benzene rings is 2. The third-order valence-corrected chi connectivity index (χ3v) is 3.47. The fourth-order valence-corrected chi connectivity index (χ4v) is 2.11. The molecular formula is C16H17BrFN3. The van der Waals surface area contributed by atoms with E-state index in [1.54, 1.807) is 13.1 Å². The van der Waals surface area contributed by atoms with E-state index in [0.29, 0.717) is 19.0 Å². The van der Waals surface area contributed by atoms with Gasteiger partial charge in [-0.3, -0.25) is 4.99 Å². The van der Waals surface area contributed by atoms with Crippen molar-refractivity contribution >= 4 is 21.9 Å². The summed E-state index contributed by atoms with van der Waals surface area (Å²) in [7, 11) is 1.71. The zero-order valence-corrected chi connectivity index (χ0v) is 13.3. The van der Waals surface area contributed by atoms with Crippen molar-refractivity contribution in [1.82, 2.24) is 10.6 Å². The van der Waals surface area contributed by atoms with Gasteiger partial charge in [-0.2, -0.15) is 0 Å². The van der Waals surface area contributed by atoms with Crippen LogP contribution < -0.4 is 10.6 Å². The molecule has 21 heavy (non-hydrogen) atoms. The number of aliphatic imine (C=N–C) groups is 1. The van der Waals surface area contributed by atoms with E-state index in [1.807, 2.05) is 30.3 Å². The standard InChI is InChI=1S/C16H17BrFN3/c1-19-16(20-10-12-5-7-14(17)8-6-12)21-11-13-3-2-4-15(18)9-13/h2-9H,10-11H2,1H3,(H2,19,20,21). The Morgan fingerprint density at radius 2 is 1.71 bits per heavy atom. The van der Waals surface area contributed by atoms with Gasteiger partial charge in [0.2, 0.25) is 0 Å². The molecule has 0 aliphatic heterocycles. The Bertz CT molecular complexity index is 611. The molecule has 0 aliphatic carbocycles. The Labute approximate surface area is 132 Å². The smallest absolute Gasteiger partial charge is 0.191 e. The summed E-state index contributed by atoms with van der Waals surface area (Å²) in [5.41, 5.74) is 2.04. The van der Waals surface area contributed by atoms with Crippen LogP contribution in [0, 0.1) is 5.82 Å². The molecule has 0 saturated carbocycles. The van der Waals surface area contributed by atoms with E-state index in [-0.39, 0.29) is 5.82 Å². The van der Waals surface area contributed by atoms with Crippen molar-refractivity contribution in [2.24, 2.45) is 4.99 Å². The van der Waals surface area contributed by atoms with Gasteiger partial charge >= 0.3 is 0 Å². The highest BCUT2D eigenvalue weighted by Gasteiger charge is 2.00. The molecule has 0 atom stereocenters. The maximum Gasteiger partial charge on any atom is 0.191 e.